The third kappa shape index (κ3) is 11.2. The van der Waals surface area contributed by atoms with Gasteiger partial charge in [0.05, 0.1) is 29.5 Å². The lowest BCUT2D eigenvalue weighted by molar-refractivity contribution is -0.150. The standard InChI is InChI=1S/C52H71N3O7/c1-2-3-5-10-34-15-16-37(47(58)28-34)13-8-9-14-38-17-18-40(44-19-20-45(55-44)41-30-39(56)31-48(59)42(41)26-33-11-6-4-7-12-33)43-27-36(25-35-22-24-54-49(53)29-35)32-52(43,62)23-21-46(57)50(38)51(60)61/h4,6-7,11-12,15-16,19-20,22,29-31,34,36-38,40,43,46-47,50,54-59,62H,2-3,5,8-10,13-14,17-18,21,23-28,32,53H2,1H3,(H,60,61)/t34-,36+,37-,38+,40-,43+,46+,47-,50+,52+/m1/s1. The Balaban J connectivity index is 1.15. The van der Waals surface area contributed by atoms with Gasteiger partial charge in [0.2, 0.25) is 0 Å². The number of nitrogens with one attached hydrogen (secondary N) is 2. The van der Waals surface area contributed by atoms with Crippen molar-refractivity contribution in [3.63, 3.8) is 0 Å². The number of phenols is 2. The molecule has 10 heteroatoms. The Morgan fingerprint density at radius 2 is 1.69 bits per heavy atom. The molecule has 336 valence electrons. The van der Waals surface area contributed by atoms with Gasteiger partial charge in [-0.25, -0.2) is 0 Å². The number of hydrogen-bond donors (Lipinski definition) is 9. The molecule has 0 bridgehead atoms. The molecule has 2 aromatic carbocycles. The number of rotatable bonds is 16. The van der Waals surface area contributed by atoms with Crippen LogP contribution in [-0.4, -0.2) is 65.9 Å². The van der Waals surface area contributed by atoms with Crippen LogP contribution in [0.25, 0.3) is 11.3 Å². The highest BCUT2D eigenvalue weighted by Crippen LogP contribution is 2.54. The van der Waals surface area contributed by atoms with Crippen molar-refractivity contribution in [1.82, 2.24) is 10.3 Å². The van der Waals surface area contributed by atoms with E-state index >= 15 is 0 Å². The van der Waals surface area contributed by atoms with E-state index in [-0.39, 0.29) is 53.6 Å². The van der Waals surface area contributed by atoms with E-state index in [1.54, 1.807) is 6.07 Å². The number of carboxylic acids is 1. The third-order valence-corrected chi connectivity index (χ3v) is 14.9. The van der Waals surface area contributed by atoms with Crippen LogP contribution in [0.1, 0.15) is 132 Å². The number of dihydropyridines is 1. The van der Waals surface area contributed by atoms with Crippen molar-refractivity contribution in [3.05, 3.63) is 107 Å². The normalized spacial score (nSPS) is 30.2. The Morgan fingerprint density at radius 1 is 0.903 bits per heavy atom. The molecule has 10 atom stereocenters. The summed E-state index contributed by atoms with van der Waals surface area (Å²) in [4.78, 5) is 16.8. The number of aromatic amines is 1. The number of aromatic nitrogens is 1. The van der Waals surface area contributed by atoms with Gasteiger partial charge < -0.3 is 46.7 Å². The molecule has 0 radical (unpaired) electrons. The Kier molecular flexibility index (Phi) is 15.3. The summed E-state index contributed by atoms with van der Waals surface area (Å²) in [7, 11) is 0. The van der Waals surface area contributed by atoms with Gasteiger partial charge in [0.25, 0.3) is 0 Å². The molecule has 62 heavy (non-hydrogen) atoms. The largest absolute Gasteiger partial charge is 0.508 e. The minimum Gasteiger partial charge on any atom is -0.508 e. The maximum Gasteiger partial charge on any atom is 0.309 e. The van der Waals surface area contributed by atoms with Gasteiger partial charge in [-0.05, 0) is 130 Å². The third-order valence-electron chi connectivity index (χ3n) is 14.9. The Hall–Kier alpha value is -4.51. The highest BCUT2D eigenvalue weighted by molar-refractivity contribution is 5.71. The smallest absolute Gasteiger partial charge is 0.309 e. The molecular weight excluding hydrogens is 779 g/mol. The summed E-state index contributed by atoms with van der Waals surface area (Å²) in [5.74, 6) is -1.23. The molecule has 2 saturated carbocycles. The predicted octanol–water partition coefficient (Wildman–Crippen LogP) is 9.19. The average Bonchev–Trinajstić information content (AvgIpc) is 3.85. The van der Waals surface area contributed by atoms with Crippen LogP contribution >= 0.6 is 0 Å². The molecule has 1 aliphatic heterocycles. The summed E-state index contributed by atoms with van der Waals surface area (Å²) >= 11 is 0. The van der Waals surface area contributed by atoms with Gasteiger partial charge in [-0.15, -0.1) is 0 Å². The second-order valence-corrected chi connectivity index (χ2v) is 19.3. The van der Waals surface area contributed by atoms with E-state index in [9.17, 15) is 35.4 Å². The molecular formula is C52H71N3O7. The molecule has 1 aromatic heterocycles. The first-order valence-electron chi connectivity index (χ1n) is 23.6. The Bertz CT molecular complexity index is 2040. The average molecular weight is 850 g/mol. The van der Waals surface area contributed by atoms with E-state index in [0.29, 0.717) is 67.9 Å². The fourth-order valence-electron chi connectivity index (χ4n) is 11.7. The van der Waals surface area contributed by atoms with Gasteiger partial charge in [0.1, 0.15) is 11.5 Å². The van der Waals surface area contributed by atoms with Crippen LogP contribution in [0.2, 0.25) is 0 Å². The molecule has 4 aliphatic rings. The molecule has 0 spiro atoms. The molecule has 0 unspecified atom stereocenters. The number of aliphatic hydroxyl groups is 3. The maximum absolute atomic E-state index is 13.1. The van der Waals surface area contributed by atoms with Crippen molar-refractivity contribution >= 4 is 5.97 Å². The Morgan fingerprint density at radius 3 is 2.45 bits per heavy atom. The van der Waals surface area contributed by atoms with Crippen molar-refractivity contribution < 1.29 is 35.4 Å². The van der Waals surface area contributed by atoms with Crippen molar-refractivity contribution in [2.75, 3.05) is 6.54 Å². The van der Waals surface area contributed by atoms with Gasteiger partial charge >= 0.3 is 5.97 Å². The quantitative estimate of drug-likeness (QED) is 0.0499. The van der Waals surface area contributed by atoms with Crippen LogP contribution in [-0.2, 0) is 11.2 Å². The van der Waals surface area contributed by atoms with Crippen molar-refractivity contribution in [1.29, 1.82) is 0 Å². The van der Waals surface area contributed by atoms with Crippen LogP contribution in [0, 0.1) is 35.5 Å². The fourth-order valence-corrected chi connectivity index (χ4v) is 11.7. The second-order valence-electron chi connectivity index (χ2n) is 19.3. The van der Waals surface area contributed by atoms with Crippen LogP contribution in [0.15, 0.2) is 90.3 Å². The Labute approximate surface area is 368 Å². The molecule has 3 aromatic rings. The summed E-state index contributed by atoms with van der Waals surface area (Å²) in [6.45, 7) is 2.87. The SMILES string of the molecule is CCCCC[C@@H]1C=C[C@@H](CCCC[C@H]2CC[C@@H](c3ccc(-c4cc(O)cc(O)c4Cc4ccccc4)[nH]3)[C@@H]3C[C@H](CC4=CCNC(N)=C4)C[C@@]3(O)CC[C@H](O)[C@H]2C(=O)O)[C@H](O)C1. The van der Waals surface area contributed by atoms with Crippen LogP contribution in [0.3, 0.4) is 0 Å². The molecule has 10 N–H and O–H groups in total. The van der Waals surface area contributed by atoms with Crippen LogP contribution < -0.4 is 11.1 Å². The van der Waals surface area contributed by atoms with Gasteiger partial charge in [-0.3, -0.25) is 4.79 Å². The molecule has 7 rings (SSSR count). The lowest BCUT2D eigenvalue weighted by atomic mass is 9.69. The number of aliphatic hydroxyl groups excluding tert-OH is 2. The summed E-state index contributed by atoms with van der Waals surface area (Å²) in [5.41, 5.74) is 10.2. The number of hydrogen-bond acceptors (Lipinski definition) is 8. The number of fused-ring (bicyclic) bond motifs is 1. The number of nitrogens with two attached hydrogens (primary N) is 1. The van der Waals surface area contributed by atoms with Crippen LogP contribution in [0.4, 0.5) is 0 Å². The molecule has 2 fully saturated rings. The van der Waals surface area contributed by atoms with Gasteiger partial charge in [-0.1, -0.05) is 87.6 Å². The number of carbonyl (C=O) groups is 1. The lowest BCUT2D eigenvalue weighted by Crippen LogP contribution is -2.42. The molecule has 0 saturated heterocycles. The first kappa shape index (κ1) is 45.5. The number of aromatic hydroxyl groups is 2. The van der Waals surface area contributed by atoms with E-state index < -0.39 is 23.6 Å². The number of H-pyrrole nitrogens is 1. The minimum atomic E-state index is -1.13. The zero-order valence-corrected chi connectivity index (χ0v) is 36.6. The van der Waals surface area contributed by atoms with Gasteiger partial charge in [0.15, 0.2) is 0 Å². The van der Waals surface area contributed by atoms with E-state index in [1.165, 1.54) is 25.3 Å². The minimum absolute atomic E-state index is 0.00958. The fraction of sp³-hybridized carbons (Fsp3) is 0.558. The van der Waals surface area contributed by atoms with E-state index in [2.05, 4.69) is 41.5 Å². The predicted molar refractivity (Wildman–Crippen MR) is 244 cm³/mol. The first-order chi connectivity index (χ1) is 29.9. The topological polar surface area (TPSA) is 192 Å². The lowest BCUT2D eigenvalue weighted by Gasteiger charge is -2.39. The maximum atomic E-state index is 13.1. The zero-order valence-electron chi connectivity index (χ0n) is 36.6. The number of allylic oxidation sites excluding steroid dienone is 3. The van der Waals surface area contributed by atoms with Gasteiger partial charge in [-0.2, -0.15) is 0 Å². The number of unbranched alkanes of at least 4 members (excludes halogenated alkanes) is 3. The number of benzene rings is 2. The van der Waals surface area contributed by atoms with E-state index in [4.69, 9.17) is 5.73 Å². The monoisotopic (exact) mass is 850 g/mol. The first-order valence-corrected chi connectivity index (χ1v) is 23.6. The molecule has 2 heterocycles. The highest BCUT2D eigenvalue weighted by atomic mass is 16.4. The summed E-state index contributed by atoms with van der Waals surface area (Å²) in [6.07, 6.45) is 20.1. The van der Waals surface area contributed by atoms with Gasteiger partial charge in [0, 0.05) is 53.4 Å². The number of aliphatic carboxylic acids is 1. The number of phenolic OH excluding ortho intramolecular Hbond substituents is 2. The van der Waals surface area contributed by atoms with Crippen molar-refractivity contribution in [2.45, 2.75) is 140 Å². The van der Waals surface area contributed by atoms with Crippen molar-refractivity contribution in [2.24, 2.45) is 41.2 Å². The highest BCUT2D eigenvalue weighted by Gasteiger charge is 2.51. The zero-order chi connectivity index (χ0) is 43.8. The molecule has 0 amide bonds. The van der Waals surface area contributed by atoms with Crippen molar-refractivity contribution in [3.8, 4) is 22.8 Å². The summed E-state index contributed by atoms with van der Waals surface area (Å²) in [5, 5.41) is 71.2. The van der Waals surface area contributed by atoms with E-state index in [0.717, 1.165) is 67.5 Å². The second kappa shape index (κ2) is 20.8. The number of carboxylic acid groups (broad SMARTS) is 1. The summed E-state index contributed by atoms with van der Waals surface area (Å²) in [6, 6.07) is 17.0. The van der Waals surface area contributed by atoms with Crippen LogP contribution in [0.5, 0.6) is 11.5 Å². The molecule has 10 nitrogen and oxygen atoms in total. The van der Waals surface area contributed by atoms with E-state index in [1.807, 2.05) is 42.5 Å². The molecule has 3 aliphatic carbocycles. The summed E-state index contributed by atoms with van der Waals surface area (Å²) < 4.78 is 0.